The number of carbonyl (C=O) groups excluding carboxylic acids is 3. The highest BCUT2D eigenvalue weighted by molar-refractivity contribution is 6.01. The zero-order valence-corrected chi connectivity index (χ0v) is 21.0. The van der Waals surface area contributed by atoms with E-state index in [1.54, 1.807) is 9.80 Å². The predicted molar refractivity (Wildman–Crippen MR) is 141 cm³/mol. The summed E-state index contributed by atoms with van der Waals surface area (Å²) in [5, 5.41) is 16.4. The maximum absolute atomic E-state index is 13.3. The quantitative estimate of drug-likeness (QED) is 0.305. The molecule has 0 bridgehead atoms. The second kappa shape index (κ2) is 10.1. The molecule has 3 aromatic rings. The summed E-state index contributed by atoms with van der Waals surface area (Å²) >= 11 is 0. The van der Waals surface area contributed by atoms with Gasteiger partial charge in [0, 0.05) is 49.3 Å². The SMILES string of the molecule is COC(=O)c1cc(C(=O)N2CCC3(CCN(C(=O)Nc4cccc5ccccc45)CC3)C2)cc([N+](=O)[O-])c1. The number of carbonyl (C=O) groups is 3. The largest absolute Gasteiger partial charge is 0.465 e. The smallest absolute Gasteiger partial charge is 0.338 e. The van der Waals surface area contributed by atoms with Gasteiger partial charge in [0.25, 0.3) is 11.6 Å². The van der Waals surface area contributed by atoms with Gasteiger partial charge in [-0.2, -0.15) is 0 Å². The van der Waals surface area contributed by atoms with Crippen molar-refractivity contribution in [2.45, 2.75) is 19.3 Å². The van der Waals surface area contributed by atoms with E-state index in [9.17, 15) is 24.5 Å². The van der Waals surface area contributed by atoms with Crippen LogP contribution in [-0.2, 0) is 4.74 Å². The zero-order chi connectivity index (χ0) is 26.9. The molecule has 0 radical (unpaired) electrons. The number of rotatable bonds is 4. The molecule has 3 amide bonds. The minimum absolute atomic E-state index is 0.0375. The Bertz CT molecular complexity index is 1420. The number of methoxy groups -OCH3 is 1. The molecule has 2 saturated heterocycles. The second-order valence-corrected chi connectivity index (χ2v) is 9.94. The number of hydrogen-bond acceptors (Lipinski definition) is 6. The van der Waals surface area contributed by atoms with Gasteiger partial charge in [-0.05, 0) is 42.2 Å². The Morgan fingerprint density at radius 1 is 0.921 bits per heavy atom. The third-order valence-electron chi connectivity index (χ3n) is 7.66. The first-order chi connectivity index (χ1) is 18.3. The van der Waals surface area contributed by atoms with Gasteiger partial charge in [0.05, 0.1) is 23.3 Å². The summed E-state index contributed by atoms with van der Waals surface area (Å²) in [6.45, 7) is 2.15. The van der Waals surface area contributed by atoms with Crippen molar-refractivity contribution in [1.82, 2.24) is 9.80 Å². The predicted octanol–water partition coefficient (Wildman–Crippen LogP) is 4.69. The Hall–Kier alpha value is -4.47. The van der Waals surface area contributed by atoms with Crippen LogP contribution in [0.4, 0.5) is 16.2 Å². The molecule has 0 aliphatic carbocycles. The number of likely N-dealkylation sites (tertiary alicyclic amines) is 2. The summed E-state index contributed by atoms with van der Waals surface area (Å²) in [7, 11) is 1.18. The number of amides is 3. The van der Waals surface area contributed by atoms with Crippen LogP contribution in [0.25, 0.3) is 10.8 Å². The average Bonchev–Trinajstić information content (AvgIpc) is 3.35. The van der Waals surface area contributed by atoms with Gasteiger partial charge in [0.15, 0.2) is 0 Å². The van der Waals surface area contributed by atoms with Crippen molar-refractivity contribution in [1.29, 1.82) is 0 Å². The molecule has 2 aliphatic heterocycles. The summed E-state index contributed by atoms with van der Waals surface area (Å²) in [4.78, 5) is 52.5. The molecule has 1 N–H and O–H groups in total. The third-order valence-corrected chi connectivity index (χ3v) is 7.66. The Morgan fingerprint density at radius 2 is 1.58 bits per heavy atom. The number of nitrogens with one attached hydrogen (secondary N) is 1. The number of benzene rings is 3. The fourth-order valence-electron chi connectivity index (χ4n) is 5.49. The standard InChI is InChI=1S/C28H28N4O6/c1-38-26(34)21-15-20(16-22(17-21)32(36)37)25(33)31-14-11-28(18-31)9-12-30(13-10-28)27(35)29-24-8-4-6-19-5-2-3-7-23(19)24/h2-8,15-17H,9-14,18H2,1H3,(H,29,35). The molecule has 0 saturated carbocycles. The number of urea groups is 1. The van der Waals surface area contributed by atoms with Crippen LogP contribution in [0.1, 0.15) is 40.0 Å². The first-order valence-corrected chi connectivity index (χ1v) is 12.5. The summed E-state index contributed by atoms with van der Waals surface area (Å²) < 4.78 is 4.69. The lowest BCUT2D eigenvalue weighted by atomic mass is 9.78. The minimum atomic E-state index is -0.741. The lowest BCUT2D eigenvalue weighted by molar-refractivity contribution is -0.384. The van der Waals surface area contributed by atoms with Gasteiger partial charge < -0.3 is 19.9 Å². The Kier molecular flexibility index (Phi) is 6.71. The van der Waals surface area contributed by atoms with Crippen LogP contribution in [0.5, 0.6) is 0 Å². The molecular weight excluding hydrogens is 488 g/mol. The molecule has 3 aromatic carbocycles. The van der Waals surface area contributed by atoms with Crippen molar-refractivity contribution in [2.75, 3.05) is 38.6 Å². The molecule has 5 rings (SSSR count). The van der Waals surface area contributed by atoms with Gasteiger partial charge in [-0.3, -0.25) is 14.9 Å². The van der Waals surface area contributed by atoms with E-state index >= 15 is 0 Å². The molecule has 0 atom stereocenters. The molecular formula is C28H28N4O6. The lowest BCUT2D eigenvalue weighted by Gasteiger charge is -2.39. The van der Waals surface area contributed by atoms with Gasteiger partial charge in [0.1, 0.15) is 0 Å². The highest BCUT2D eigenvalue weighted by Crippen LogP contribution is 2.41. The van der Waals surface area contributed by atoms with Crippen LogP contribution in [0, 0.1) is 15.5 Å². The van der Waals surface area contributed by atoms with Gasteiger partial charge in [0.2, 0.25) is 0 Å². The minimum Gasteiger partial charge on any atom is -0.465 e. The molecule has 0 unspecified atom stereocenters. The van der Waals surface area contributed by atoms with Crippen LogP contribution in [0.3, 0.4) is 0 Å². The van der Waals surface area contributed by atoms with Gasteiger partial charge >= 0.3 is 12.0 Å². The van der Waals surface area contributed by atoms with Crippen molar-refractivity contribution in [3.63, 3.8) is 0 Å². The molecule has 2 aliphatic rings. The number of nitro benzene ring substituents is 1. The van der Waals surface area contributed by atoms with E-state index < -0.39 is 10.9 Å². The molecule has 10 heteroatoms. The molecule has 0 aromatic heterocycles. The number of non-ortho nitro benzene ring substituents is 1. The number of esters is 1. The lowest BCUT2D eigenvalue weighted by Crippen LogP contribution is -2.46. The zero-order valence-electron chi connectivity index (χ0n) is 21.0. The second-order valence-electron chi connectivity index (χ2n) is 9.94. The van der Waals surface area contributed by atoms with Crippen molar-refractivity contribution in [2.24, 2.45) is 5.41 Å². The van der Waals surface area contributed by atoms with E-state index in [0.717, 1.165) is 41.8 Å². The number of nitro groups is 1. The van der Waals surface area contributed by atoms with Crippen LogP contribution < -0.4 is 5.32 Å². The van der Waals surface area contributed by atoms with Crippen LogP contribution >= 0.6 is 0 Å². The number of fused-ring (bicyclic) bond motifs is 1. The highest BCUT2D eigenvalue weighted by atomic mass is 16.6. The van der Waals surface area contributed by atoms with E-state index in [-0.39, 0.29) is 34.2 Å². The Balaban J connectivity index is 1.23. The number of nitrogens with zero attached hydrogens (tertiary/aromatic N) is 3. The number of piperidine rings is 1. The number of hydrogen-bond donors (Lipinski definition) is 1. The number of anilines is 1. The molecule has 196 valence electrons. The van der Waals surface area contributed by atoms with Gasteiger partial charge in [-0.25, -0.2) is 9.59 Å². The summed E-state index contributed by atoms with van der Waals surface area (Å²) in [6, 6.07) is 17.2. The fourth-order valence-corrected chi connectivity index (χ4v) is 5.49. The molecule has 38 heavy (non-hydrogen) atoms. The van der Waals surface area contributed by atoms with Crippen molar-refractivity contribution in [3.05, 3.63) is 81.9 Å². The van der Waals surface area contributed by atoms with E-state index in [0.29, 0.717) is 26.2 Å². The Morgan fingerprint density at radius 3 is 2.29 bits per heavy atom. The van der Waals surface area contributed by atoms with Crippen molar-refractivity contribution >= 4 is 40.1 Å². The van der Waals surface area contributed by atoms with Crippen LogP contribution in [0.2, 0.25) is 0 Å². The van der Waals surface area contributed by atoms with Crippen LogP contribution in [0.15, 0.2) is 60.7 Å². The summed E-state index contributed by atoms with van der Waals surface area (Å²) in [5.41, 5.74) is 0.371. The van der Waals surface area contributed by atoms with E-state index in [1.165, 1.54) is 19.2 Å². The number of ether oxygens (including phenoxy) is 1. The molecule has 10 nitrogen and oxygen atoms in total. The van der Waals surface area contributed by atoms with Gasteiger partial charge in [-0.1, -0.05) is 36.4 Å². The first kappa shape index (κ1) is 25.2. The molecule has 2 heterocycles. The fraction of sp³-hybridized carbons (Fsp3) is 0.321. The normalized spacial score (nSPS) is 16.4. The van der Waals surface area contributed by atoms with E-state index in [2.05, 4.69) is 10.1 Å². The first-order valence-electron chi connectivity index (χ1n) is 12.5. The van der Waals surface area contributed by atoms with E-state index in [4.69, 9.17) is 0 Å². The molecule has 1 spiro atoms. The summed E-state index contributed by atoms with van der Waals surface area (Å²) in [6.07, 6.45) is 2.29. The summed E-state index contributed by atoms with van der Waals surface area (Å²) in [5.74, 6) is -1.10. The van der Waals surface area contributed by atoms with Crippen LogP contribution in [-0.4, -0.2) is 65.9 Å². The highest BCUT2D eigenvalue weighted by Gasteiger charge is 2.43. The molecule has 2 fully saturated rings. The topological polar surface area (TPSA) is 122 Å². The average molecular weight is 517 g/mol. The van der Waals surface area contributed by atoms with Crippen molar-refractivity contribution < 1.29 is 24.0 Å². The van der Waals surface area contributed by atoms with Crippen molar-refractivity contribution in [3.8, 4) is 0 Å². The van der Waals surface area contributed by atoms with Gasteiger partial charge in [-0.15, -0.1) is 0 Å². The third kappa shape index (κ3) is 4.89. The Labute approximate surface area is 219 Å². The van der Waals surface area contributed by atoms with E-state index in [1.807, 2.05) is 42.5 Å². The monoisotopic (exact) mass is 516 g/mol. The maximum Gasteiger partial charge on any atom is 0.338 e. The maximum atomic E-state index is 13.3.